The molecule has 1 fully saturated rings. The normalized spacial score (nSPS) is 14.4. The third-order valence-electron chi connectivity index (χ3n) is 8.97. The number of piperidine rings is 1. The smallest absolute Gasteiger partial charge is 0.407 e. The third-order valence-corrected chi connectivity index (χ3v) is 8.97. The number of amides is 3. The van der Waals surface area contributed by atoms with E-state index in [1.54, 1.807) is 32.9 Å². The lowest BCUT2D eigenvalue weighted by Gasteiger charge is -2.35. The summed E-state index contributed by atoms with van der Waals surface area (Å²) in [6.07, 6.45) is 1.30. The van der Waals surface area contributed by atoms with Gasteiger partial charge in [-0.15, -0.1) is 0 Å². The van der Waals surface area contributed by atoms with Gasteiger partial charge in [0.25, 0.3) is 0 Å². The molecular formula is C41H48F3N7O3. The number of nitrogens with zero attached hydrogens (tertiary/aromatic N) is 4. The first-order valence-electron chi connectivity index (χ1n) is 18.2. The lowest BCUT2D eigenvalue weighted by atomic mass is 9.97. The van der Waals surface area contributed by atoms with Crippen molar-refractivity contribution in [3.8, 4) is 11.3 Å². The van der Waals surface area contributed by atoms with Crippen molar-refractivity contribution in [3.63, 3.8) is 0 Å². The highest BCUT2D eigenvalue weighted by atomic mass is 19.1. The molecule has 0 unspecified atom stereocenters. The van der Waals surface area contributed by atoms with Gasteiger partial charge in [0.15, 0.2) is 5.82 Å². The Bertz CT molecular complexity index is 1970. The molecule has 1 saturated heterocycles. The standard InChI is InChI=1S/C39H42F3N7O3.C2H6/c1-23-9-12-26(24(2)43-18-15-25-10-13-27(40)14-11-25)21-29(23)33-30-22-44-37(50)49(34-31(41)7-6-8-32(34)42)35(30)47-36(46-33)48-19-16-28(17-20-48)45-38(51)52-39(3,4)5;1-2/h6-14,21,28,43H,2,15-20,22H2,1,3-5H3,(H,44,50)(H,45,51);1-2H3. The number of halogens is 3. The summed E-state index contributed by atoms with van der Waals surface area (Å²) in [6.45, 7) is 17.1. The van der Waals surface area contributed by atoms with Crippen LogP contribution in [0.3, 0.4) is 0 Å². The predicted molar refractivity (Wildman–Crippen MR) is 206 cm³/mol. The van der Waals surface area contributed by atoms with Gasteiger partial charge in [-0.1, -0.05) is 50.8 Å². The first-order valence-corrected chi connectivity index (χ1v) is 18.2. The molecule has 6 rings (SSSR count). The highest BCUT2D eigenvalue weighted by molar-refractivity contribution is 6.02. The number of fused-ring (bicyclic) bond motifs is 1. The van der Waals surface area contributed by atoms with E-state index in [1.807, 2.05) is 43.9 Å². The fourth-order valence-corrected chi connectivity index (χ4v) is 6.30. The largest absolute Gasteiger partial charge is 0.444 e. The molecule has 10 nitrogen and oxygen atoms in total. The molecule has 13 heteroatoms. The summed E-state index contributed by atoms with van der Waals surface area (Å²) in [5, 5.41) is 9.02. The Morgan fingerprint density at radius 1 is 1.00 bits per heavy atom. The van der Waals surface area contributed by atoms with Crippen molar-refractivity contribution in [2.45, 2.75) is 79.0 Å². The van der Waals surface area contributed by atoms with Crippen molar-refractivity contribution >= 4 is 35.3 Å². The quantitative estimate of drug-likeness (QED) is 0.158. The van der Waals surface area contributed by atoms with Crippen LogP contribution in [-0.4, -0.2) is 53.4 Å². The van der Waals surface area contributed by atoms with Crippen molar-refractivity contribution in [2.75, 3.05) is 29.4 Å². The Hall–Kier alpha value is -5.59. The number of carbonyl (C=O) groups is 2. The molecule has 54 heavy (non-hydrogen) atoms. The van der Waals surface area contributed by atoms with Crippen molar-refractivity contribution in [1.82, 2.24) is 25.9 Å². The van der Waals surface area contributed by atoms with Crippen molar-refractivity contribution in [1.29, 1.82) is 0 Å². The van der Waals surface area contributed by atoms with E-state index < -0.39 is 35.0 Å². The molecule has 0 bridgehead atoms. The summed E-state index contributed by atoms with van der Waals surface area (Å²) < 4.78 is 49.3. The predicted octanol–water partition coefficient (Wildman–Crippen LogP) is 8.55. The minimum Gasteiger partial charge on any atom is -0.444 e. The van der Waals surface area contributed by atoms with Crippen LogP contribution in [0.15, 0.2) is 67.2 Å². The van der Waals surface area contributed by atoms with Crippen LogP contribution in [-0.2, 0) is 17.7 Å². The van der Waals surface area contributed by atoms with Crippen LogP contribution in [0.1, 0.15) is 69.7 Å². The molecule has 3 heterocycles. The van der Waals surface area contributed by atoms with Gasteiger partial charge in [0.05, 0.1) is 12.2 Å². The van der Waals surface area contributed by atoms with Crippen LogP contribution >= 0.6 is 0 Å². The van der Waals surface area contributed by atoms with E-state index in [0.29, 0.717) is 55.9 Å². The number of anilines is 3. The average Bonchev–Trinajstić information content (AvgIpc) is 3.13. The lowest BCUT2D eigenvalue weighted by molar-refractivity contribution is 0.0497. The van der Waals surface area contributed by atoms with Crippen LogP contribution in [0.2, 0.25) is 0 Å². The van der Waals surface area contributed by atoms with Gasteiger partial charge in [-0.25, -0.2) is 32.6 Å². The molecule has 0 radical (unpaired) electrons. The first-order chi connectivity index (χ1) is 25.8. The molecular weight excluding hydrogens is 695 g/mol. The second-order valence-electron chi connectivity index (χ2n) is 14.0. The number of aromatic nitrogens is 2. The van der Waals surface area contributed by atoms with Crippen molar-refractivity contribution < 1.29 is 27.5 Å². The Morgan fingerprint density at radius 2 is 1.67 bits per heavy atom. The molecule has 0 spiro atoms. The van der Waals surface area contributed by atoms with Gasteiger partial charge in [-0.05, 0) is 94.0 Å². The van der Waals surface area contributed by atoms with Gasteiger partial charge in [-0.2, -0.15) is 4.98 Å². The molecule has 4 aromatic rings. The van der Waals surface area contributed by atoms with E-state index in [2.05, 4.69) is 22.5 Å². The van der Waals surface area contributed by atoms with Crippen molar-refractivity contribution in [2.24, 2.45) is 0 Å². The Balaban J connectivity index is 0.00000276. The van der Waals surface area contributed by atoms with Crippen LogP contribution in [0, 0.1) is 24.4 Å². The van der Waals surface area contributed by atoms with Gasteiger partial charge < -0.3 is 25.6 Å². The maximum absolute atomic E-state index is 15.3. The molecule has 1 aromatic heterocycles. The number of carbonyl (C=O) groups excluding carboxylic acids is 2. The minimum absolute atomic E-state index is 0.0266. The molecule has 0 atom stereocenters. The van der Waals surface area contributed by atoms with E-state index in [-0.39, 0.29) is 30.2 Å². The number of nitrogens with one attached hydrogen (secondary N) is 3. The van der Waals surface area contributed by atoms with Gasteiger partial charge in [0, 0.05) is 42.5 Å². The summed E-state index contributed by atoms with van der Waals surface area (Å²) in [5.41, 5.74) is 3.84. The zero-order valence-corrected chi connectivity index (χ0v) is 31.7. The maximum Gasteiger partial charge on any atom is 0.407 e. The molecule has 3 amide bonds. The van der Waals surface area contributed by atoms with Crippen LogP contribution in [0.25, 0.3) is 17.0 Å². The van der Waals surface area contributed by atoms with E-state index in [9.17, 15) is 14.0 Å². The second kappa shape index (κ2) is 17.0. The Morgan fingerprint density at radius 3 is 2.31 bits per heavy atom. The molecule has 0 aliphatic carbocycles. The molecule has 3 N–H and O–H groups in total. The monoisotopic (exact) mass is 743 g/mol. The van der Waals surface area contributed by atoms with Crippen LogP contribution < -0.4 is 25.8 Å². The number of benzene rings is 3. The van der Waals surface area contributed by atoms with Gasteiger partial charge in [0.1, 0.15) is 28.7 Å². The lowest BCUT2D eigenvalue weighted by Crippen LogP contribution is -2.47. The number of urea groups is 1. The fourth-order valence-electron chi connectivity index (χ4n) is 6.30. The number of hydrogen-bond donors (Lipinski definition) is 3. The molecule has 2 aliphatic rings. The van der Waals surface area contributed by atoms with E-state index in [0.717, 1.165) is 39.3 Å². The second-order valence-corrected chi connectivity index (χ2v) is 14.0. The SMILES string of the molecule is C=C(NCCc1ccc(F)cc1)c1ccc(C)c(-c2nc(N3CCC(NC(=O)OC(C)(C)C)CC3)nc3c2CNC(=O)N3c2c(F)cccc2F)c1.CC. The summed E-state index contributed by atoms with van der Waals surface area (Å²) in [4.78, 5) is 38.5. The Kier molecular flexibility index (Phi) is 12.5. The van der Waals surface area contributed by atoms with Crippen LogP contribution in [0.4, 0.5) is 40.2 Å². The minimum atomic E-state index is -0.917. The van der Waals surface area contributed by atoms with Gasteiger partial charge in [-0.3, -0.25) is 0 Å². The number of ether oxygens (including phenoxy) is 1. The zero-order chi connectivity index (χ0) is 39.2. The summed E-state index contributed by atoms with van der Waals surface area (Å²) >= 11 is 0. The first kappa shape index (κ1) is 39.6. The fraction of sp³-hybridized carbons (Fsp3) is 0.366. The summed E-state index contributed by atoms with van der Waals surface area (Å²) in [6, 6.07) is 14.7. The molecule has 0 saturated carbocycles. The Labute approximate surface area is 314 Å². The number of para-hydroxylation sites is 1. The number of rotatable bonds is 9. The zero-order valence-electron chi connectivity index (χ0n) is 31.7. The van der Waals surface area contributed by atoms with E-state index >= 15 is 8.78 Å². The van der Waals surface area contributed by atoms with Crippen LogP contribution in [0.5, 0.6) is 0 Å². The highest BCUT2D eigenvalue weighted by Gasteiger charge is 2.35. The van der Waals surface area contributed by atoms with Gasteiger partial charge >= 0.3 is 12.1 Å². The topological polar surface area (TPSA) is 112 Å². The molecule has 286 valence electrons. The maximum atomic E-state index is 15.3. The van der Waals surface area contributed by atoms with Crippen molar-refractivity contribution in [3.05, 3.63) is 107 Å². The molecule has 3 aromatic carbocycles. The average molecular weight is 744 g/mol. The van der Waals surface area contributed by atoms with Gasteiger partial charge in [0.2, 0.25) is 5.95 Å². The third kappa shape index (κ3) is 9.31. The number of hydrogen-bond acceptors (Lipinski definition) is 7. The number of aryl methyl sites for hydroxylation is 1. The molecule has 2 aliphatic heterocycles. The summed E-state index contributed by atoms with van der Waals surface area (Å²) in [7, 11) is 0. The highest BCUT2D eigenvalue weighted by Crippen LogP contribution is 2.40. The summed E-state index contributed by atoms with van der Waals surface area (Å²) in [5.74, 6) is -1.77. The van der Waals surface area contributed by atoms with E-state index in [4.69, 9.17) is 14.7 Å². The number of alkyl carbamates (subject to hydrolysis) is 1. The van der Waals surface area contributed by atoms with E-state index in [1.165, 1.54) is 18.2 Å².